The Balaban J connectivity index is 1.74. The highest BCUT2D eigenvalue weighted by Crippen LogP contribution is 2.19. The van der Waals surface area contributed by atoms with E-state index in [1.165, 1.54) is 4.68 Å². The van der Waals surface area contributed by atoms with Crippen molar-refractivity contribution in [3.8, 4) is 11.8 Å². The number of carbonyl (C=O) groups excluding carboxylic acids is 1. The van der Waals surface area contributed by atoms with E-state index < -0.39 is 0 Å². The van der Waals surface area contributed by atoms with Gasteiger partial charge >= 0.3 is 0 Å². The van der Waals surface area contributed by atoms with E-state index in [2.05, 4.69) is 5.10 Å². The number of ether oxygens (including phenoxy) is 1. The zero-order valence-corrected chi connectivity index (χ0v) is 15.1. The van der Waals surface area contributed by atoms with Crippen LogP contribution in [0.25, 0.3) is 0 Å². The molecule has 1 amide bonds. The number of nitrogens with zero attached hydrogens (tertiary/aromatic N) is 4. The lowest BCUT2D eigenvalue weighted by Crippen LogP contribution is -2.34. The summed E-state index contributed by atoms with van der Waals surface area (Å²) in [5, 5.41) is 15.1. The molecular weight excluding hydrogens is 348 g/mol. The highest BCUT2D eigenvalue weighted by Gasteiger charge is 2.20. The Morgan fingerprint density at radius 2 is 2.12 bits per heavy atom. The van der Waals surface area contributed by atoms with Crippen molar-refractivity contribution in [3.05, 3.63) is 64.5 Å². The molecule has 0 aliphatic carbocycles. The van der Waals surface area contributed by atoms with Gasteiger partial charge in [-0.3, -0.25) is 14.4 Å². The maximum Gasteiger partial charge on any atom is 0.266 e. The van der Waals surface area contributed by atoms with Crippen molar-refractivity contribution in [2.75, 3.05) is 11.5 Å². The molecule has 0 N–H and O–H groups in total. The molecule has 0 bridgehead atoms. The Hall–Kier alpha value is -3.11. The van der Waals surface area contributed by atoms with Crippen LogP contribution in [-0.2, 0) is 17.9 Å². The first-order valence-electron chi connectivity index (χ1n) is 8.08. The summed E-state index contributed by atoms with van der Waals surface area (Å²) >= 11 is 1.57. The Morgan fingerprint density at radius 3 is 2.81 bits per heavy atom. The largest absolute Gasteiger partial charge is 0.484 e. The van der Waals surface area contributed by atoms with Gasteiger partial charge in [-0.05, 0) is 30.5 Å². The Morgan fingerprint density at radius 1 is 1.31 bits per heavy atom. The standard InChI is InChI=1S/C19H18N4O2S/c1-15-4-6-16(7-5-15)25-14-19(24)23(13-17-3-2-12-26-17)18-8-10-22(21-18)11-9-20/h2-8,10,12H,11,13-14H2,1H3. The van der Waals surface area contributed by atoms with Crippen LogP contribution in [0.1, 0.15) is 10.4 Å². The van der Waals surface area contributed by atoms with Crippen molar-refractivity contribution in [1.29, 1.82) is 5.26 Å². The number of carbonyl (C=O) groups is 1. The molecule has 0 unspecified atom stereocenters. The van der Waals surface area contributed by atoms with E-state index >= 15 is 0 Å². The van der Waals surface area contributed by atoms with E-state index in [-0.39, 0.29) is 19.1 Å². The highest BCUT2D eigenvalue weighted by atomic mass is 32.1. The Bertz CT molecular complexity index is 895. The lowest BCUT2D eigenvalue weighted by molar-refractivity contribution is -0.120. The molecular formula is C19H18N4O2S. The van der Waals surface area contributed by atoms with Crippen LogP contribution in [0, 0.1) is 18.3 Å². The fourth-order valence-corrected chi connectivity index (χ4v) is 3.06. The van der Waals surface area contributed by atoms with E-state index in [1.54, 1.807) is 28.5 Å². The molecule has 0 saturated heterocycles. The predicted octanol–water partition coefficient (Wildman–Crippen LogP) is 3.39. The van der Waals surface area contributed by atoms with Gasteiger partial charge in [0.2, 0.25) is 0 Å². The summed E-state index contributed by atoms with van der Waals surface area (Å²) in [5.74, 6) is 0.961. The minimum absolute atomic E-state index is 0.0838. The molecule has 0 radical (unpaired) electrons. The van der Waals surface area contributed by atoms with Gasteiger partial charge in [-0.25, -0.2) is 0 Å². The van der Waals surface area contributed by atoms with Gasteiger partial charge in [0.1, 0.15) is 12.3 Å². The van der Waals surface area contributed by atoms with Gasteiger partial charge in [0, 0.05) is 17.1 Å². The number of rotatable bonds is 7. The zero-order valence-electron chi connectivity index (χ0n) is 14.3. The van der Waals surface area contributed by atoms with Crippen LogP contribution in [0.15, 0.2) is 54.0 Å². The van der Waals surface area contributed by atoms with Gasteiger partial charge in [-0.2, -0.15) is 10.4 Å². The average molecular weight is 366 g/mol. The first-order valence-corrected chi connectivity index (χ1v) is 8.96. The summed E-state index contributed by atoms with van der Waals surface area (Å²) in [6.45, 7) is 2.47. The molecule has 26 heavy (non-hydrogen) atoms. The molecule has 7 heteroatoms. The summed E-state index contributed by atoms with van der Waals surface area (Å²) in [6.07, 6.45) is 1.69. The van der Waals surface area contributed by atoms with Gasteiger partial charge in [-0.1, -0.05) is 23.8 Å². The third kappa shape index (κ3) is 4.49. The van der Waals surface area contributed by atoms with Crippen LogP contribution >= 0.6 is 11.3 Å². The Kier molecular flexibility index (Phi) is 5.66. The molecule has 2 heterocycles. The topological polar surface area (TPSA) is 71.2 Å². The minimum Gasteiger partial charge on any atom is -0.484 e. The maximum atomic E-state index is 12.8. The number of thiophene rings is 1. The number of amides is 1. The van der Waals surface area contributed by atoms with Crippen LogP contribution < -0.4 is 9.64 Å². The second kappa shape index (κ2) is 8.32. The van der Waals surface area contributed by atoms with Gasteiger partial charge in [0.05, 0.1) is 12.6 Å². The third-order valence-corrected chi connectivity index (χ3v) is 4.58. The Labute approximate surface area is 155 Å². The molecule has 3 rings (SSSR count). The molecule has 6 nitrogen and oxygen atoms in total. The van der Waals surface area contributed by atoms with E-state index in [9.17, 15) is 4.79 Å². The fraction of sp³-hybridized carbons (Fsp3) is 0.211. The lowest BCUT2D eigenvalue weighted by Gasteiger charge is -2.20. The SMILES string of the molecule is Cc1ccc(OCC(=O)N(Cc2cccs2)c2ccn(CC#N)n2)cc1. The molecule has 132 valence electrons. The van der Waals surface area contributed by atoms with E-state index in [0.717, 1.165) is 10.4 Å². The first-order chi connectivity index (χ1) is 12.7. The minimum atomic E-state index is -0.193. The van der Waals surface area contributed by atoms with Gasteiger partial charge in [-0.15, -0.1) is 11.3 Å². The summed E-state index contributed by atoms with van der Waals surface area (Å²) in [4.78, 5) is 15.4. The fourth-order valence-electron chi connectivity index (χ4n) is 2.37. The second-order valence-corrected chi connectivity index (χ2v) is 6.72. The van der Waals surface area contributed by atoms with Gasteiger partial charge < -0.3 is 4.74 Å². The van der Waals surface area contributed by atoms with Gasteiger partial charge in [0.25, 0.3) is 5.91 Å². The van der Waals surface area contributed by atoms with E-state index in [4.69, 9.17) is 10.00 Å². The summed E-state index contributed by atoms with van der Waals surface area (Å²) in [7, 11) is 0. The second-order valence-electron chi connectivity index (χ2n) is 5.69. The van der Waals surface area contributed by atoms with E-state index in [1.807, 2.05) is 54.8 Å². The van der Waals surface area contributed by atoms with E-state index in [0.29, 0.717) is 18.1 Å². The van der Waals surface area contributed by atoms with Crippen molar-refractivity contribution < 1.29 is 9.53 Å². The van der Waals surface area contributed by atoms with Crippen molar-refractivity contribution in [3.63, 3.8) is 0 Å². The molecule has 2 aromatic heterocycles. The number of nitriles is 1. The molecule has 0 spiro atoms. The van der Waals surface area contributed by atoms with Crippen molar-refractivity contribution in [2.45, 2.75) is 20.0 Å². The maximum absolute atomic E-state index is 12.8. The smallest absolute Gasteiger partial charge is 0.266 e. The van der Waals surface area contributed by atoms with Crippen LogP contribution in [-0.4, -0.2) is 22.3 Å². The number of aromatic nitrogens is 2. The van der Waals surface area contributed by atoms with Crippen LogP contribution in [0.2, 0.25) is 0 Å². The van der Waals surface area contributed by atoms with Crippen LogP contribution in [0.5, 0.6) is 5.75 Å². The average Bonchev–Trinajstić information content (AvgIpc) is 3.31. The number of hydrogen-bond donors (Lipinski definition) is 0. The number of aryl methyl sites for hydroxylation is 1. The predicted molar refractivity (Wildman–Crippen MR) is 100 cm³/mol. The zero-order chi connectivity index (χ0) is 18.4. The quantitative estimate of drug-likeness (QED) is 0.643. The molecule has 0 fully saturated rings. The summed E-state index contributed by atoms with van der Waals surface area (Å²) in [5.41, 5.74) is 1.13. The molecule has 0 aliphatic rings. The summed E-state index contributed by atoms with van der Waals surface area (Å²) in [6, 6.07) is 15.2. The molecule has 0 atom stereocenters. The molecule has 0 aliphatic heterocycles. The molecule has 0 saturated carbocycles. The normalized spacial score (nSPS) is 10.3. The van der Waals surface area contributed by atoms with Gasteiger partial charge in [0.15, 0.2) is 12.4 Å². The number of benzene rings is 1. The van der Waals surface area contributed by atoms with Crippen molar-refractivity contribution >= 4 is 23.1 Å². The lowest BCUT2D eigenvalue weighted by atomic mass is 10.2. The van der Waals surface area contributed by atoms with Crippen LogP contribution in [0.3, 0.4) is 0 Å². The first kappa shape index (κ1) is 17.7. The molecule has 1 aromatic carbocycles. The third-order valence-electron chi connectivity index (χ3n) is 3.71. The summed E-state index contributed by atoms with van der Waals surface area (Å²) < 4.78 is 7.13. The van der Waals surface area contributed by atoms with Crippen molar-refractivity contribution in [1.82, 2.24) is 9.78 Å². The monoisotopic (exact) mass is 366 g/mol. The molecule has 3 aromatic rings. The number of anilines is 1. The van der Waals surface area contributed by atoms with Crippen LogP contribution in [0.4, 0.5) is 5.82 Å². The number of hydrogen-bond acceptors (Lipinski definition) is 5. The highest BCUT2D eigenvalue weighted by molar-refractivity contribution is 7.09. The van der Waals surface area contributed by atoms with Crippen molar-refractivity contribution in [2.24, 2.45) is 0 Å².